The van der Waals surface area contributed by atoms with E-state index in [-0.39, 0.29) is 24.5 Å². The molecule has 51 heavy (non-hydrogen) atoms. The smallest absolute Gasteiger partial charge is 0.329 e. The van der Waals surface area contributed by atoms with Crippen molar-refractivity contribution in [3.63, 3.8) is 0 Å². The molecule has 1 heterocycles. The average molecular weight is 715 g/mol. The largest absolute Gasteiger partial charge is 0.462 e. The molecule has 1 aromatic rings. The summed E-state index contributed by atoms with van der Waals surface area (Å²) in [4.78, 5) is 30.4. The molecule has 0 aliphatic heterocycles. The fourth-order valence-electron chi connectivity index (χ4n) is 6.71. The number of nitrogens with one attached hydrogen (secondary N) is 1. The SMILES string of the molecule is CCCCCCCCCCCCC/C=C/C(C)C(N)COC(=O)C(Cc1cn(C)cn1)NC(=O)CCCCCCCCCCCCCCCCC. The van der Waals surface area contributed by atoms with Crippen molar-refractivity contribution in [1.82, 2.24) is 14.9 Å². The predicted molar refractivity (Wildman–Crippen MR) is 217 cm³/mol. The molecule has 1 rings (SSSR count). The number of imidazole rings is 1. The molecule has 0 bridgehead atoms. The van der Waals surface area contributed by atoms with Crippen LogP contribution < -0.4 is 11.1 Å². The minimum atomic E-state index is -0.775. The van der Waals surface area contributed by atoms with Crippen LogP contribution in [0.2, 0.25) is 0 Å². The van der Waals surface area contributed by atoms with Gasteiger partial charge in [0.2, 0.25) is 5.91 Å². The molecule has 296 valence electrons. The number of rotatable bonds is 36. The fourth-order valence-corrected chi connectivity index (χ4v) is 6.71. The van der Waals surface area contributed by atoms with E-state index in [1.165, 1.54) is 148 Å². The van der Waals surface area contributed by atoms with Gasteiger partial charge < -0.3 is 20.4 Å². The summed E-state index contributed by atoms with van der Waals surface area (Å²) in [7, 11) is 1.89. The molecule has 0 aliphatic carbocycles. The number of aryl methyl sites for hydroxylation is 1. The number of hydrogen-bond acceptors (Lipinski definition) is 5. The van der Waals surface area contributed by atoms with Crippen molar-refractivity contribution in [2.45, 2.75) is 219 Å². The Morgan fingerprint density at radius 3 is 1.65 bits per heavy atom. The number of carbonyl (C=O) groups excluding carboxylic acids is 2. The summed E-state index contributed by atoms with van der Waals surface area (Å²) in [5.74, 6) is -0.455. The Bertz CT molecular complexity index is 977. The molecule has 0 spiro atoms. The molecule has 3 N–H and O–H groups in total. The maximum Gasteiger partial charge on any atom is 0.329 e. The number of hydrogen-bond donors (Lipinski definition) is 2. The Kier molecular flexibility index (Phi) is 30.9. The number of nitrogens with two attached hydrogens (primary N) is 1. The number of unbranched alkanes of at least 4 members (excludes halogenated alkanes) is 25. The van der Waals surface area contributed by atoms with Crippen molar-refractivity contribution in [2.75, 3.05) is 6.61 Å². The van der Waals surface area contributed by atoms with Gasteiger partial charge in [0, 0.05) is 32.1 Å². The van der Waals surface area contributed by atoms with Crippen LogP contribution in [0.3, 0.4) is 0 Å². The van der Waals surface area contributed by atoms with E-state index in [1.54, 1.807) is 6.33 Å². The molecule has 7 heteroatoms. The third kappa shape index (κ3) is 28.1. The summed E-state index contributed by atoms with van der Waals surface area (Å²) >= 11 is 0. The van der Waals surface area contributed by atoms with Crippen molar-refractivity contribution >= 4 is 11.9 Å². The van der Waals surface area contributed by atoms with E-state index in [0.29, 0.717) is 12.8 Å². The first-order valence-corrected chi connectivity index (χ1v) is 21.7. The third-order valence-corrected chi connectivity index (χ3v) is 10.3. The van der Waals surface area contributed by atoms with E-state index in [1.807, 2.05) is 17.8 Å². The number of esters is 1. The molecular formula is C44H82N4O3. The molecular weight excluding hydrogens is 633 g/mol. The second-order valence-electron chi connectivity index (χ2n) is 15.5. The van der Waals surface area contributed by atoms with Gasteiger partial charge in [-0.05, 0) is 25.2 Å². The zero-order valence-electron chi connectivity index (χ0n) is 34.0. The Morgan fingerprint density at radius 1 is 0.745 bits per heavy atom. The van der Waals surface area contributed by atoms with Crippen LogP contribution in [-0.4, -0.2) is 40.1 Å². The topological polar surface area (TPSA) is 99.2 Å². The minimum Gasteiger partial charge on any atom is -0.462 e. The molecule has 0 radical (unpaired) electrons. The molecule has 7 nitrogen and oxygen atoms in total. The van der Waals surface area contributed by atoms with E-state index in [4.69, 9.17) is 10.5 Å². The molecule has 1 amide bonds. The minimum absolute atomic E-state index is 0.0967. The number of nitrogens with zero attached hydrogens (tertiary/aromatic N) is 2. The lowest BCUT2D eigenvalue weighted by atomic mass is 10.0. The van der Waals surface area contributed by atoms with Gasteiger partial charge in [-0.25, -0.2) is 9.78 Å². The van der Waals surface area contributed by atoms with Gasteiger partial charge in [0.1, 0.15) is 12.6 Å². The molecule has 0 aromatic carbocycles. The predicted octanol–water partition coefficient (Wildman–Crippen LogP) is 11.5. The number of amides is 1. The summed E-state index contributed by atoms with van der Waals surface area (Å²) in [6.45, 7) is 6.74. The van der Waals surface area contributed by atoms with Crippen LogP contribution in [0, 0.1) is 5.92 Å². The molecule has 3 unspecified atom stereocenters. The highest BCUT2D eigenvalue weighted by atomic mass is 16.5. The number of aromatic nitrogens is 2. The van der Waals surface area contributed by atoms with Gasteiger partial charge in [0.25, 0.3) is 0 Å². The van der Waals surface area contributed by atoms with Crippen LogP contribution in [0.1, 0.15) is 206 Å². The van der Waals surface area contributed by atoms with E-state index in [2.05, 4.69) is 43.2 Å². The van der Waals surface area contributed by atoms with Gasteiger partial charge in [-0.1, -0.05) is 187 Å². The number of allylic oxidation sites excluding steroid dienone is 1. The van der Waals surface area contributed by atoms with Crippen LogP contribution in [0.4, 0.5) is 0 Å². The van der Waals surface area contributed by atoms with Crippen molar-refractivity contribution in [1.29, 1.82) is 0 Å². The van der Waals surface area contributed by atoms with Gasteiger partial charge in [0.15, 0.2) is 0 Å². The standard InChI is InChI=1S/C44H82N4O3/c1-5-7-9-11-13-15-17-19-20-22-24-26-28-30-32-34-43(49)47-42(35-40-36-48(4)38-46-40)44(50)51-37-41(45)39(3)33-31-29-27-25-23-21-18-16-14-12-10-8-6-2/h31,33,36,38-39,41-42H,5-30,32,34-35,37,45H2,1-4H3,(H,47,49)/b33-31+. The molecule has 0 aliphatic rings. The Hall–Kier alpha value is -2.15. The maximum atomic E-state index is 13.2. The zero-order valence-corrected chi connectivity index (χ0v) is 34.0. The molecule has 1 aromatic heterocycles. The normalized spacial score (nSPS) is 13.4. The first kappa shape index (κ1) is 46.9. The molecule has 3 atom stereocenters. The maximum absolute atomic E-state index is 13.2. The number of carbonyl (C=O) groups is 2. The Morgan fingerprint density at radius 2 is 1.20 bits per heavy atom. The Labute approximate surface area is 315 Å². The van der Waals surface area contributed by atoms with E-state index < -0.39 is 12.0 Å². The third-order valence-electron chi connectivity index (χ3n) is 10.3. The van der Waals surface area contributed by atoms with E-state index in [0.717, 1.165) is 31.4 Å². The lowest BCUT2D eigenvalue weighted by Gasteiger charge is -2.20. The van der Waals surface area contributed by atoms with Crippen LogP contribution in [0.5, 0.6) is 0 Å². The van der Waals surface area contributed by atoms with Crippen LogP contribution in [-0.2, 0) is 27.8 Å². The van der Waals surface area contributed by atoms with Gasteiger partial charge in [-0.2, -0.15) is 0 Å². The quantitative estimate of drug-likeness (QED) is 0.0409. The van der Waals surface area contributed by atoms with Crippen LogP contribution in [0.15, 0.2) is 24.7 Å². The summed E-state index contributed by atoms with van der Waals surface area (Å²) in [5.41, 5.74) is 7.15. The summed E-state index contributed by atoms with van der Waals surface area (Å²) in [6.07, 6.45) is 43.9. The number of ether oxygens (including phenoxy) is 1. The molecule has 0 saturated heterocycles. The van der Waals surface area contributed by atoms with Gasteiger partial charge in [0.05, 0.1) is 12.0 Å². The highest BCUT2D eigenvalue weighted by Crippen LogP contribution is 2.15. The van der Waals surface area contributed by atoms with E-state index in [9.17, 15) is 9.59 Å². The van der Waals surface area contributed by atoms with Crippen molar-refractivity contribution in [3.05, 3.63) is 30.4 Å². The first-order chi connectivity index (χ1) is 24.9. The zero-order chi connectivity index (χ0) is 37.2. The summed E-state index contributed by atoms with van der Waals surface area (Å²) < 4.78 is 7.51. The first-order valence-electron chi connectivity index (χ1n) is 21.7. The van der Waals surface area contributed by atoms with Gasteiger partial charge in [-0.15, -0.1) is 0 Å². The summed E-state index contributed by atoms with van der Waals surface area (Å²) in [5, 5.41) is 2.94. The second kappa shape index (κ2) is 33.7. The molecule has 0 fully saturated rings. The Balaban J connectivity index is 2.25. The summed E-state index contributed by atoms with van der Waals surface area (Å²) in [6, 6.07) is -1.07. The van der Waals surface area contributed by atoms with Gasteiger partial charge in [-0.3, -0.25) is 4.79 Å². The highest BCUT2D eigenvalue weighted by Gasteiger charge is 2.25. The fraction of sp³-hybridized carbons (Fsp3) is 0.841. The highest BCUT2D eigenvalue weighted by molar-refractivity contribution is 5.84. The molecule has 0 saturated carbocycles. The van der Waals surface area contributed by atoms with Crippen molar-refractivity contribution in [2.24, 2.45) is 18.7 Å². The average Bonchev–Trinajstić information content (AvgIpc) is 3.54. The van der Waals surface area contributed by atoms with Crippen molar-refractivity contribution < 1.29 is 14.3 Å². The lowest BCUT2D eigenvalue weighted by Crippen LogP contribution is -2.45. The van der Waals surface area contributed by atoms with Gasteiger partial charge >= 0.3 is 5.97 Å². The second-order valence-corrected chi connectivity index (χ2v) is 15.5. The van der Waals surface area contributed by atoms with Crippen LogP contribution >= 0.6 is 0 Å². The monoisotopic (exact) mass is 715 g/mol. The lowest BCUT2D eigenvalue weighted by molar-refractivity contribution is -0.148. The van der Waals surface area contributed by atoms with Crippen LogP contribution in [0.25, 0.3) is 0 Å². The van der Waals surface area contributed by atoms with E-state index >= 15 is 0 Å². The van der Waals surface area contributed by atoms with Crippen molar-refractivity contribution in [3.8, 4) is 0 Å².